The Labute approximate surface area is 339 Å². The third-order valence-electron chi connectivity index (χ3n) is 12.4. The second-order valence-corrected chi connectivity index (χ2v) is 17.4. The fourth-order valence-electron chi connectivity index (χ4n) is 9.04. The smallest absolute Gasteiger partial charge is 0.336 e. The van der Waals surface area contributed by atoms with Crippen LogP contribution in [0.3, 0.4) is 0 Å². The SMILES string of the molecule is CCCCCCCCCc1c(CCCCCCCCC)c(CCCCCCCCC)c(C(=O)O)c(CCCCCCCCC)c1CCCCCCCCC. The van der Waals surface area contributed by atoms with Gasteiger partial charge >= 0.3 is 5.97 Å². The van der Waals surface area contributed by atoms with Gasteiger partial charge in [0.2, 0.25) is 0 Å². The molecular formula is C52H96O2. The highest BCUT2D eigenvalue weighted by Gasteiger charge is 2.26. The summed E-state index contributed by atoms with van der Waals surface area (Å²) in [5.74, 6) is -0.630. The van der Waals surface area contributed by atoms with E-state index in [1.165, 1.54) is 241 Å². The van der Waals surface area contributed by atoms with Gasteiger partial charge in [-0.25, -0.2) is 4.79 Å². The number of aromatic carboxylic acids is 1. The van der Waals surface area contributed by atoms with Crippen molar-refractivity contribution in [1.82, 2.24) is 0 Å². The summed E-state index contributed by atoms with van der Waals surface area (Å²) >= 11 is 0. The zero-order valence-electron chi connectivity index (χ0n) is 37.6. The van der Waals surface area contributed by atoms with E-state index in [2.05, 4.69) is 34.6 Å². The van der Waals surface area contributed by atoms with Gasteiger partial charge in [0.15, 0.2) is 0 Å². The summed E-state index contributed by atoms with van der Waals surface area (Å²) in [7, 11) is 0. The predicted molar refractivity (Wildman–Crippen MR) is 242 cm³/mol. The number of benzene rings is 1. The Kier molecular flexibility index (Phi) is 35.0. The summed E-state index contributed by atoms with van der Waals surface area (Å²) in [4.78, 5) is 13.6. The third kappa shape index (κ3) is 24.4. The fourth-order valence-corrected chi connectivity index (χ4v) is 9.04. The minimum Gasteiger partial charge on any atom is -0.478 e. The number of rotatable bonds is 41. The number of carbonyl (C=O) groups is 1. The Morgan fingerprint density at radius 1 is 0.278 bits per heavy atom. The van der Waals surface area contributed by atoms with Crippen molar-refractivity contribution in [3.8, 4) is 0 Å². The molecule has 0 saturated heterocycles. The average Bonchev–Trinajstić information content (AvgIpc) is 3.17. The third-order valence-corrected chi connectivity index (χ3v) is 12.4. The monoisotopic (exact) mass is 753 g/mol. The molecule has 0 amide bonds. The molecule has 2 heteroatoms. The second kappa shape index (κ2) is 37.3. The molecule has 0 atom stereocenters. The topological polar surface area (TPSA) is 37.3 Å². The quantitative estimate of drug-likeness (QED) is 0.0676. The van der Waals surface area contributed by atoms with E-state index in [9.17, 15) is 9.90 Å². The first-order chi connectivity index (χ1) is 26.6. The van der Waals surface area contributed by atoms with E-state index in [-0.39, 0.29) is 0 Å². The van der Waals surface area contributed by atoms with Crippen molar-refractivity contribution in [2.45, 2.75) is 291 Å². The number of hydrogen-bond acceptors (Lipinski definition) is 1. The van der Waals surface area contributed by atoms with Gasteiger partial charge in [-0.05, 0) is 92.0 Å². The van der Waals surface area contributed by atoms with Crippen LogP contribution in [0.2, 0.25) is 0 Å². The van der Waals surface area contributed by atoms with E-state index in [0.717, 1.165) is 44.1 Å². The van der Waals surface area contributed by atoms with Crippen LogP contribution >= 0.6 is 0 Å². The summed E-state index contributed by atoms with van der Waals surface area (Å²) in [5, 5.41) is 11.2. The molecule has 0 bridgehead atoms. The standard InChI is InChI=1S/C52H96O2/c1-6-11-16-21-26-31-36-41-46-47(42-37-32-27-22-17-12-7-2)49(44-39-34-29-24-19-14-9-4)51(52(53)54)50(45-40-35-30-25-20-15-10-5)48(46)43-38-33-28-23-18-13-8-3/h6-45H2,1-5H3,(H,53,54). The van der Waals surface area contributed by atoms with Crippen LogP contribution in [0, 0.1) is 0 Å². The van der Waals surface area contributed by atoms with E-state index in [1.807, 2.05) is 0 Å². The lowest BCUT2D eigenvalue weighted by Crippen LogP contribution is -2.18. The second-order valence-electron chi connectivity index (χ2n) is 17.4. The molecule has 0 aromatic heterocycles. The van der Waals surface area contributed by atoms with Gasteiger partial charge in [-0.3, -0.25) is 0 Å². The molecule has 0 unspecified atom stereocenters. The minimum atomic E-state index is -0.630. The normalized spacial score (nSPS) is 11.6. The van der Waals surface area contributed by atoms with E-state index >= 15 is 0 Å². The van der Waals surface area contributed by atoms with Crippen LogP contribution in [0.1, 0.15) is 298 Å². The number of carboxylic acid groups (broad SMARTS) is 1. The van der Waals surface area contributed by atoms with Crippen LogP contribution < -0.4 is 0 Å². The zero-order valence-corrected chi connectivity index (χ0v) is 37.6. The molecule has 1 N–H and O–H groups in total. The van der Waals surface area contributed by atoms with Crippen LogP contribution in [0.4, 0.5) is 0 Å². The molecule has 0 spiro atoms. The Bertz CT molecular complexity index is 932. The molecule has 54 heavy (non-hydrogen) atoms. The molecule has 316 valence electrons. The molecule has 1 aromatic rings. The Morgan fingerprint density at radius 2 is 0.444 bits per heavy atom. The molecular weight excluding hydrogens is 657 g/mol. The van der Waals surface area contributed by atoms with Crippen LogP contribution in [0.5, 0.6) is 0 Å². The predicted octanol–water partition coefficient (Wildman–Crippen LogP) is 17.9. The van der Waals surface area contributed by atoms with Gasteiger partial charge in [0, 0.05) is 0 Å². The maximum Gasteiger partial charge on any atom is 0.336 e. The lowest BCUT2D eigenvalue weighted by molar-refractivity contribution is 0.0694. The first-order valence-corrected chi connectivity index (χ1v) is 25.0. The minimum absolute atomic E-state index is 0.630. The summed E-state index contributed by atoms with van der Waals surface area (Å²) in [6, 6.07) is 0. The molecule has 0 radical (unpaired) electrons. The van der Waals surface area contributed by atoms with Crippen molar-refractivity contribution in [1.29, 1.82) is 0 Å². The average molecular weight is 753 g/mol. The van der Waals surface area contributed by atoms with Gasteiger partial charge in [0.1, 0.15) is 0 Å². The summed E-state index contributed by atoms with van der Waals surface area (Å²) < 4.78 is 0. The molecule has 0 fully saturated rings. The van der Waals surface area contributed by atoms with Crippen molar-refractivity contribution in [2.24, 2.45) is 0 Å². The lowest BCUT2D eigenvalue weighted by atomic mass is 9.78. The van der Waals surface area contributed by atoms with Gasteiger partial charge in [-0.2, -0.15) is 0 Å². The van der Waals surface area contributed by atoms with Crippen LogP contribution in [-0.4, -0.2) is 11.1 Å². The van der Waals surface area contributed by atoms with Crippen LogP contribution in [0.25, 0.3) is 0 Å². The molecule has 2 nitrogen and oxygen atoms in total. The molecule has 0 aliphatic carbocycles. The largest absolute Gasteiger partial charge is 0.478 e. The summed E-state index contributed by atoms with van der Waals surface area (Å²) in [6.07, 6.45) is 51.0. The van der Waals surface area contributed by atoms with Crippen LogP contribution in [0.15, 0.2) is 0 Å². The first-order valence-electron chi connectivity index (χ1n) is 25.0. The molecule has 0 aliphatic heterocycles. The fraction of sp³-hybridized carbons (Fsp3) is 0.865. The Morgan fingerprint density at radius 3 is 0.648 bits per heavy atom. The molecule has 0 aliphatic rings. The molecule has 1 rings (SSSR count). The highest BCUT2D eigenvalue weighted by Crippen LogP contribution is 2.36. The van der Waals surface area contributed by atoms with E-state index < -0.39 is 5.97 Å². The van der Waals surface area contributed by atoms with Gasteiger partial charge in [0.25, 0.3) is 0 Å². The van der Waals surface area contributed by atoms with Gasteiger partial charge in [-0.1, -0.05) is 227 Å². The number of unbranched alkanes of at least 4 members (excludes halogenated alkanes) is 30. The summed E-state index contributed by atoms with van der Waals surface area (Å²) in [5.41, 5.74) is 7.99. The van der Waals surface area contributed by atoms with Crippen molar-refractivity contribution < 1.29 is 9.90 Å². The number of carboxylic acids is 1. The molecule has 0 heterocycles. The van der Waals surface area contributed by atoms with Crippen molar-refractivity contribution in [3.05, 3.63) is 33.4 Å². The first kappa shape index (κ1) is 50.7. The summed E-state index contributed by atoms with van der Waals surface area (Å²) in [6.45, 7) is 11.5. The lowest BCUT2D eigenvalue weighted by Gasteiger charge is -2.26. The maximum absolute atomic E-state index is 13.6. The van der Waals surface area contributed by atoms with Crippen LogP contribution in [-0.2, 0) is 32.1 Å². The van der Waals surface area contributed by atoms with Crippen molar-refractivity contribution in [3.63, 3.8) is 0 Å². The maximum atomic E-state index is 13.6. The van der Waals surface area contributed by atoms with Crippen molar-refractivity contribution in [2.75, 3.05) is 0 Å². The van der Waals surface area contributed by atoms with Crippen molar-refractivity contribution >= 4 is 5.97 Å². The highest BCUT2D eigenvalue weighted by molar-refractivity contribution is 5.92. The highest BCUT2D eigenvalue weighted by atomic mass is 16.4. The van der Waals surface area contributed by atoms with Gasteiger partial charge < -0.3 is 5.11 Å². The Hall–Kier alpha value is -1.31. The molecule has 0 saturated carbocycles. The van der Waals surface area contributed by atoms with Gasteiger partial charge in [0.05, 0.1) is 5.56 Å². The van der Waals surface area contributed by atoms with E-state index in [0.29, 0.717) is 0 Å². The Balaban J connectivity index is 3.58. The van der Waals surface area contributed by atoms with Gasteiger partial charge in [-0.15, -0.1) is 0 Å². The molecule has 1 aromatic carbocycles. The van der Waals surface area contributed by atoms with E-state index in [1.54, 1.807) is 5.56 Å². The zero-order chi connectivity index (χ0) is 39.3. The number of hydrogen-bond donors (Lipinski definition) is 1. The van der Waals surface area contributed by atoms with E-state index in [4.69, 9.17) is 0 Å².